The van der Waals surface area contributed by atoms with Gasteiger partial charge >= 0.3 is 0 Å². The molecule has 144 valence electrons. The van der Waals surface area contributed by atoms with Gasteiger partial charge in [-0.3, -0.25) is 4.90 Å². The molecule has 2 saturated carbocycles. The zero-order valence-electron chi connectivity index (χ0n) is 16.2. The first kappa shape index (κ1) is 17.2. The average Bonchev–Trinajstić information content (AvgIpc) is 3.39. The highest BCUT2D eigenvalue weighted by atomic mass is 35.5. The number of carbonyl (C=O) groups is 1. The zero-order chi connectivity index (χ0) is 18.9. The number of benzene rings is 2. The van der Waals surface area contributed by atoms with Crippen molar-refractivity contribution in [1.29, 1.82) is 0 Å². The third-order valence-corrected chi connectivity index (χ3v) is 7.97. The predicted molar refractivity (Wildman–Crippen MR) is 113 cm³/mol. The van der Waals surface area contributed by atoms with Crippen molar-refractivity contribution in [1.82, 2.24) is 4.90 Å². The first-order valence-corrected chi connectivity index (χ1v) is 11.1. The number of rotatable bonds is 4. The van der Waals surface area contributed by atoms with Crippen molar-refractivity contribution in [2.24, 2.45) is 11.3 Å². The molecule has 1 unspecified atom stereocenters. The lowest BCUT2D eigenvalue weighted by Crippen LogP contribution is -2.62. The highest BCUT2D eigenvalue weighted by molar-refractivity contribution is 6.31. The maximum atomic E-state index is 10.9. The second-order valence-corrected chi connectivity index (χ2v) is 10.1. The van der Waals surface area contributed by atoms with Gasteiger partial charge in [0.2, 0.25) is 0 Å². The van der Waals surface area contributed by atoms with E-state index in [1.165, 1.54) is 66.6 Å². The van der Waals surface area contributed by atoms with Gasteiger partial charge in [-0.05, 0) is 83.7 Å². The molecule has 0 radical (unpaired) electrons. The molecule has 6 rings (SSSR count). The largest absolute Gasteiger partial charge is 0.303 e. The lowest BCUT2D eigenvalue weighted by molar-refractivity contribution is -0.136. The summed E-state index contributed by atoms with van der Waals surface area (Å²) in [6.45, 7) is 2.36. The van der Waals surface area contributed by atoms with Gasteiger partial charge in [-0.25, -0.2) is 0 Å². The van der Waals surface area contributed by atoms with Crippen LogP contribution >= 0.6 is 11.6 Å². The molecule has 1 saturated heterocycles. The lowest BCUT2D eigenvalue weighted by Gasteiger charge is -2.60. The van der Waals surface area contributed by atoms with E-state index in [9.17, 15) is 4.79 Å². The van der Waals surface area contributed by atoms with E-state index in [1.54, 1.807) is 0 Å². The van der Waals surface area contributed by atoms with Gasteiger partial charge in [0.05, 0.1) is 0 Å². The standard InChI is InChI=1S/C25H26ClNO/c26-23-10-19(3-6-21(23)17-1-2-17)18-4-7-22-20(9-18)5-8-24(22)27-14-25(15-27)11-16(12-25)13-28/h3-4,6-7,9-10,13,16-17,24H,1-2,5,8,11-12,14-15H2. The average molecular weight is 392 g/mol. The number of aryl methyl sites for hydroxylation is 1. The topological polar surface area (TPSA) is 20.3 Å². The van der Waals surface area contributed by atoms with Crippen molar-refractivity contribution in [3.63, 3.8) is 0 Å². The number of fused-ring (bicyclic) bond motifs is 1. The van der Waals surface area contributed by atoms with E-state index in [0.717, 1.165) is 24.2 Å². The van der Waals surface area contributed by atoms with Gasteiger partial charge in [-0.2, -0.15) is 0 Å². The van der Waals surface area contributed by atoms with Crippen LogP contribution in [0.15, 0.2) is 36.4 Å². The molecule has 3 fully saturated rings. The van der Waals surface area contributed by atoms with Crippen molar-refractivity contribution >= 4 is 17.9 Å². The molecule has 3 heteroatoms. The van der Waals surface area contributed by atoms with Crippen molar-refractivity contribution < 1.29 is 4.79 Å². The predicted octanol–water partition coefficient (Wildman–Crippen LogP) is 5.78. The molecule has 1 atom stereocenters. The molecule has 3 aliphatic carbocycles. The van der Waals surface area contributed by atoms with Gasteiger partial charge in [-0.1, -0.05) is 41.9 Å². The Kier molecular flexibility index (Phi) is 3.80. The Bertz CT molecular complexity index is 949. The first-order valence-electron chi connectivity index (χ1n) is 10.8. The minimum atomic E-state index is 0.332. The van der Waals surface area contributed by atoms with E-state index in [1.807, 2.05) is 0 Å². The second-order valence-electron chi connectivity index (χ2n) is 9.69. The number of hydrogen-bond acceptors (Lipinski definition) is 2. The maximum Gasteiger partial charge on any atom is 0.123 e. The maximum absolute atomic E-state index is 10.9. The Labute approximate surface area is 171 Å². The summed E-state index contributed by atoms with van der Waals surface area (Å²) in [5.41, 5.74) is 7.34. The Morgan fingerprint density at radius 3 is 2.36 bits per heavy atom. The Morgan fingerprint density at radius 1 is 0.964 bits per heavy atom. The van der Waals surface area contributed by atoms with E-state index in [-0.39, 0.29) is 0 Å². The first-order chi connectivity index (χ1) is 13.6. The molecule has 2 aromatic carbocycles. The van der Waals surface area contributed by atoms with Crippen LogP contribution in [0.25, 0.3) is 11.1 Å². The molecule has 2 aromatic rings. The van der Waals surface area contributed by atoms with E-state index in [0.29, 0.717) is 23.3 Å². The fourth-order valence-corrected chi connectivity index (χ4v) is 6.36. The third-order valence-electron chi connectivity index (χ3n) is 7.64. The fourth-order valence-electron chi connectivity index (χ4n) is 6.03. The second kappa shape index (κ2) is 6.18. The van der Waals surface area contributed by atoms with Crippen LogP contribution in [-0.2, 0) is 11.2 Å². The molecule has 28 heavy (non-hydrogen) atoms. The van der Waals surface area contributed by atoms with E-state index in [2.05, 4.69) is 41.3 Å². The molecule has 2 nitrogen and oxygen atoms in total. The van der Waals surface area contributed by atoms with Crippen LogP contribution in [0, 0.1) is 11.3 Å². The van der Waals surface area contributed by atoms with Crippen LogP contribution in [0.3, 0.4) is 0 Å². The molecule has 4 aliphatic rings. The molecular weight excluding hydrogens is 366 g/mol. The number of nitrogens with zero attached hydrogens (tertiary/aromatic N) is 1. The Hall–Kier alpha value is -1.64. The summed E-state index contributed by atoms with van der Waals surface area (Å²) in [5.74, 6) is 1.03. The molecular formula is C25H26ClNO. The van der Waals surface area contributed by atoms with Gasteiger partial charge in [0.1, 0.15) is 6.29 Å². The minimum Gasteiger partial charge on any atom is -0.303 e. The van der Waals surface area contributed by atoms with E-state index >= 15 is 0 Å². The number of hydrogen-bond donors (Lipinski definition) is 0. The summed E-state index contributed by atoms with van der Waals surface area (Å²) in [4.78, 5) is 13.6. The highest BCUT2D eigenvalue weighted by Crippen LogP contribution is 2.54. The van der Waals surface area contributed by atoms with Crippen LogP contribution < -0.4 is 0 Å². The Morgan fingerprint density at radius 2 is 1.68 bits per heavy atom. The number of carbonyl (C=O) groups excluding carboxylic acids is 1. The molecule has 1 aliphatic heterocycles. The van der Waals surface area contributed by atoms with Gasteiger partial charge in [0.15, 0.2) is 0 Å². The molecule has 0 bridgehead atoms. The third kappa shape index (κ3) is 2.69. The summed E-state index contributed by atoms with van der Waals surface area (Å²) in [7, 11) is 0. The van der Waals surface area contributed by atoms with Crippen molar-refractivity contribution in [2.75, 3.05) is 13.1 Å². The minimum absolute atomic E-state index is 0.332. The lowest BCUT2D eigenvalue weighted by atomic mass is 9.58. The Balaban J connectivity index is 1.20. The van der Waals surface area contributed by atoms with Crippen molar-refractivity contribution in [2.45, 2.75) is 50.5 Å². The van der Waals surface area contributed by atoms with Crippen LogP contribution in [0.5, 0.6) is 0 Å². The number of halogens is 1. The molecule has 1 heterocycles. The summed E-state index contributed by atoms with van der Waals surface area (Å²) < 4.78 is 0. The summed E-state index contributed by atoms with van der Waals surface area (Å²) in [6.07, 6.45) is 8.35. The van der Waals surface area contributed by atoms with Gasteiger partial charge in [0.25, 0.3) is 0 Å². The normalized spacial score (nSPS) is 26.0. The fraction of sp³-hybridized carbons (Fsp3) is 0.480. The van der Waals surface area contributed by atoms with Gasteiger partial charge in [-0.15, -0.1) is 0 Å². The van der Waals surface area contributed by atoms with E-state index in [4.69, 9.17) is 11.6 Å². The SMILES string of the molecule is O=CC1CC2(C1)CN(C1CCc3cc(-c4ccc(C5CC5)c(Cl)c4)ccc31)C2. The number of aldehydes is 1. The van der Waals surface area contributed by atoms with Crippen LogP contribution in [0.4, 0.5) is 0 Å². The molecule has 1 spiro atoms. The van der Waals surface area contributed by atoms with Crippen LogP contribution in [0.2, 0.25) is 5.02 Å². The van der Waals surface area contributed by atoms with Crippen molar-refractivity contribution in [3.8, 4) is 11.1 Å². The van der Waals surface area contributed by atoms with Crippen LogP contribution in [-0.4, -0.2) is 24.3 Å². The molecule has 0 aromatic heterocycles. The zero-order valence-corrected chi connectivity index (χ0v) is 16.9. The van der Waals surface area contributed by atoms with Crippen molar-refractivity contribution in [3.05, 3.63) is 58.1 Å². The smallest absolute Gasteiger partial charge is 0.123 e. The monoisotopic (exact) mass is 391 g/mol. The number of likely N-dealkylation sites (tertiary alicyclic amines) is 1. The molecule has 0 amide bonds. The van der Waals surface area contributed by atoms with Crippen LogP contribution in [0.1, 0.15) is 60.8 Å². The van der Waals surface area contributed by atoms with Gasteiger partial charge in [0, 0.05) is 30.1 Å². The van der Waals surface area contributed by atoms with Gasteiger partial charge < -0.3 is 4.79 Å². The quantitative estimate of drug-likeness (QED) is 0.615. The molecule has 0 N–H and O–H groups in total. The highest BCUT2D eigenvalue weighted by Gasteiger charge is 2.54. The van der Waals surface area contributed by atoms with E-state index < -0.39 is 0 Å². The summed E-state index contributed by atoms with van der Waals surface area (Å²) in [5, 5.41) is 0.929. The summed E-state index contributed by atoms with van der Waals surface area (Å²) >= 11 is 6.56. The summed E-state index contributed by atoms with van der Waals surface area (Å²) in [6, 6.07) is 14.2.